The van der Waals surface area contributed by atoms with E-state index in [4.69, 9.17) is 26.3 Å². The van der Waals surface area contributed by atoms with Gasteiger partial charge in [-0.15, -0.1) is 6.58 Å². The number of benzene rings is 2. The van der Waals surface area contributed by atoms with Crippen molar-refractivity contribution in [3.8, 4) is 23.6 Å². The van der Waals surface area contributed by atoms with Gasteiger partial charge < -0.3 is 14.8 Å². The second-order valence-electron chi connectivity index (χ2n) is 6.19. The Labute approximate surface area is 180 Å². The van der Waals surface area contributed by atoms with Gasteiger partial charge in [0.1, 0.15) is 17.7 Å². The predicted molar refractivity (Wildman–Crippen MR) is 116 cm³/mol. The molecule has 7 heteroatoms. The van der Waals surface area contributed by atoms with Gasteiger partial charge in [0, 0.05) is 16.3 Å². The maximum absolute atomic E-state index is 12.6. The molecule has 0 saturated carbocycles. The summed E-state index contributed by atoms with van der Waals surface area (Å²) in [5.41, 5.74) is 2.43. The Hall–Kier alpha value is -3.74. The molecule has 0 atom stereocenters. The van der Waals surface area contributed by atoms with Gasteiger partial charge in [0.25, 0.3) is 5.91 Å². The molecule has 152 valence electrons. The molecule has 1 N–H and O–H groups in total. The molecular weight excluding hydrogens is 402 g/mol. The molecule has 0 unspecified atom stereocenters. The van der Waals surface area contributed by atoms with Crippen molar-refractivity contribution in [1.82, 2.24) is 0 Å². The van der Waals surface area contributed by atoms with E-state index in [-0.39, 0.29) is 12.2 Å². The monoisotopic (exact) mass is 421 g/mol. The van der Waals surface area contributed by atoms with Gasteiger partial charge in [0.05, 0.1) is 7.11 Å². The number of amides is 1. The van der Waals surface area contributed by atoms with E-state index in [0.717, 1.165) is 0 Å². The number of allylic oxidation sites excluding steroid dienone is 1. The van der Waals surface area contributed by atoms with Gasteiger partial charge in [-0.25, -0.2) is 0 Å². The summed E-state index contributed by atoms with van der Waals surface area (Å²) in [6.45, 7) is 5.37. The molecule has 2 rings (SSSR count). The molecule has 6 nitrogen and oxygen atoms in total. The molecule has 1 amide bonds. The average molecular weight is 422 g/mol. The lowest BCUT2D eigenvalue weighted by Gasteiger charge is -2.14. The van der Waals surface area contributed by atoms with Crippen molar-refractivity contribution in [2.45, 2.75) is 13.3 Å². The molecule has 0 bridgehead atoms. The van der Waals surface area contributed by atoms with Crippen molar-refractivity contribution >= 4 is 29.3 Å². The minimum Gasteiger partial charge on any atom is -0.493 e. The Morgan fingerprint density at radius 2 is 2.10 bits per heavy atom. The third kappa shape index (κ3) is 5.41. The van der Waals surface area contributed by atoms with Gasteiger partial charge in [-0.05, 0) is 54.8 Å². The fraction of sp³-hybridized carbons (Fsp3) is 0.174. The van der Waals surface area contributed by atoms with Crippen LogP contribution >= 0.6 is 11.6 Å². The van der Waals surface area contributed by atoms with Crippen LogP contribution in [-0.4, -0.2) is 19.6 Å². The van der Waals surface area contributed by atoms with Crippen LogP contribution in [0.15, 0.2) is 48.6 Å². The number of ether oxygens (including phenoxy) is 2. The molecule has 0 aromatic heterocycles. The van der Waals surface area contributed by atoms with E-state index in [1.54, 1.807) is 43.3 Å². The number of nitriles is 2. The lowest BCUT2D eigenvalue weighted by Crippen LogP contribution is -2.14. The van der Waals surface area contributed by atoms with Crippen LogP contribution in [0.5, 0.6) is 11.5 Å². The standard InChI is InChI=1S/C23H20ClN3O3/c1-4-6-17-11-16(13-21(29-3)22(17)30-10-9-25)12-18(14-26)23(28)27-20-8-5-7-19(24)15(20)2/h4-5,7-8,11-13H,1,6,10H2,2-3H3,(H,27,28)/b18-12+. The third-order valence-corrected chi connectivity index (χ3v) is 4.62. The highest BCUT2D eigenvalue weighted by atomic mass is 35.5. The molecule has 0 fully saturated rings. The first-order valence-corrected chi connectivity index (χ1v) is 9.32. The quantitative estimate of drug-likeness (QED) is 0.374. The average Bonchev–Trinajstić information content (AvgIpc) is 2.74. The van der Waals surface area contributed by atoms with Crippen LogP contribution in [0.2, 0.25) is 5.02 Å². The zero-order valence-electron chi connectivity index (χ0n) is 16.7. The van der Waals surface area contributed by atoms with Crippen LogP contribution in [0.25, 0.3) is 6.08 Å². The van der Waals surface area contributed by atoms with Crippen molar-refractivity contribution in [1.29, 1.82) is 10.5 Å². The fourth-order valence-corrected chi connectivity index (χ4v) is 2.92. The highest BCUT2D eigenvalue weighted by molar-refractivity contribution is 6.31. The van der Waals surface area contributed by atoms with Gasteiger partial charge in [-0.1, -0.05) is 23.7 Å². The maximum atomic E-state index is 12.6. The number of halogens is 1. The minimum atomic E-state index is -0.558. The van der Waals surface area contributed by atoms with E-state index in [2.05, 4.69) is 11.9 Å². The zero-order valence-corrected chi connectivity index (χ0v) is 17.4. The van der Waals surface area contributed by atoms with Crippen LogP contribution < -0.4 is 14.8 Å². The van der Waals surface area contributed by atoms with Crippen LogP contribution in [0.4, 0.5) is 5.69 Å². The highest BCUT2D eigenvalue weighted by Crippen LogP contribution is 2.34. The number of carbonyl (C=O) groups excluding carboxylic acids is 1. The molecule has 0 aliphatic heterocycles. The number of anilines is 1. The number of hydrogen-bond acceptors (Lipinski definition) is 5. The lowest BCUT2D eigenvalue weighted by atomic mass is 10.0. The second kappa shape index (κ2) is 10.7. The van der Waals surface area contributed by atoms with Crippen molar-refractivity contribution < 1.29 is 14.3 Å². The van der Waals surface area contributed by atoms with Crippen LogP contribution in [0.3, 0.4) is 0 Å². The van der Waals surface area contributed by atoms with Gasteiger partial charge >= 0.3 is 0 Å². The smallest absolute Gasteiger partial charge is 0.266 e. The summed E-state index contributed by atoms with van der Waals surface area (Å²) in [4.78, 5) is 12.6. The predicted octanol–water partition coefficient (Wildman–Crippen LogP) is 4.83. The summed E-state index contributed by atoms with van der Waals surface area (Å²) < 4.78 is 10.9. The number of carbonyl (C=O) groups is 1. The second-order valence-corrected chi connectivity index (χ2v) is 6.59. The Kier molecular flexibility index (Phi) is 8.05. The largest absolute Gasteiger partial charge is 0.493 e. The zero-order chi connectivity index (χ0) is 22.1. The van der Waals surface area contributed by atoms with Crippen LogP contribution in [0, 0.1) is 29.6 Å². The third-order valence-electron chi connectivity index (χ3n) is 4.21. The van der Waals surface area contributed by atoms with E-state index in [0.29, 0.717) is 45.3 Å². The van der Waals surface area contributed by atoms with Gasteiger partial charge in [-0.2, -0.15) is 10.5 Å². The molecule has 0 radical (unpaired) electrons. The SMILES string of the molecule is C=CCc1cc(/C=C(\C#N)C(=O)Nc2cccc(Cl)c2C)cc(OC)c1OCC#N. The normalized spacial score (nSPS) is 10.5. The van der Waals surface area contributed by atoms with Crippen LogP contribution in [0.1, 0.15) is 16.7 Å². The summed E-state index contributed by atoms with van der Waals surface area (Å²) in [6.07, 6.45) is 3.59. The van der Waals surface area contributed by atoms with Crippen molar-refractivity contribution in [2.24, 2.45) is 0 Å². The number of nitrogens with one attached hydrogen (secondary N) is 1. The molecule has 0 aliphatic carbocycles. The Balaban J connectivity index is 2.42. The van der Waals surface area contributed by atoms with E-state index in [1.807, 2.05) is 12.1 Å². The van der Waals surface area contributed by atoms with E-state index in [1.165, 1.54) is 13.2 Å². The molecule has 30 heavy (non-hydrogen) atoms. The maximum Gasteiger partial charge on any atom is 0.266 e. The summed E-state index contributed by atoms with van der Waals surface area (Å²) >= 11 is 6.09. The van der Waals surface area contributed by atoms with Crippen molar-refractivity contribution in [2.75, 3.05) is 19.0 Å². The van der Waals surface area contributed by atoms with E-state index < -0.39 is 5.91 Å². The summed E-state index contributed by atoms with van der Waals surface area (Å²) in [5, 5.41) is 21.5. The van der Waals surface area contributed by atoms with Gasteiger partial charge in [-0.3, -0.25) is 4.79 Å². The Morgan fingerprint density at radius 3 is 2.73 bits per heavy atom. The van der Waals surface area contributed by atoms with Gasteiger partial charge in [0.15, 0.2) is 18.1 Å². The molecule has 0 saturated heterocycles. The van der Waals surface area contributed by atoms with E-state index >= 15 is 0 Å². The first kappa shape index (κ1) is 22.5. The van der Waals surface area contributed by atoms with Gasteiger partial charge in [0.2, 0.25) is 0 Å². The molecule has 2 aromatic rings. The molecule has 2 aromatic carbocycles. The number of rotatable bonds is 8. The summed E-state index contributed by atoms with van der Waals surface area (Å²) in [7, 11) is 1.47. The first-order valence-electron chi connectivity index (χ1n) is 8.95. The van der Waals surface area contributed by atoms with Crippen LogP contribution in [-0.2, 0) is 11.2 Å². The number of nitrogens with zero attached hydrogens (tertiary/aromatic N) is 2. The van der Waals surface area contributed by atoms with E-state index in [9.17, 15) is 10.1 Å². The first-order chi connectivity index (χ1) is 14.4. The lowest BCUT2D eigenvalue weighted by molar-refractivity contribution is -0.112. The number of hydrogen-bond donors (Lipinski definition) is 1. The Bertz CT molecular complexity index is 1080. The summed E-state index contributed by atoms with van der Waals surface area (Å²) in [6, 6.07) is 12.4. The topological polar surface area (TPSA) is 95.1 Å². The number of methoxy groups -OCH3 is 1. The van der Waals surface area contributed by atoms with Crippen molar-refractivity contribution in [3.05, 3.63) is 70.3 Å². The Morgan fingerprint density at radius 1 is 1.33 bits per heavy atom. The molecule has 0 aliphatic rings. The van der Waals surface area contributed by atoms with Crippen molar-refractivity contribution in [3.63, 3.8) is 0 Å². The highest BCUT2D eigenvalue weighted by Gasteiger charge is 2.15. The minimum absolute atomic E-state index is 0.0910. The molecule has 0 spiro atoms. The fourth-order valence-electron chi connectivity index (χ4n) is 2.74. The summed E-state index contributed by atoms with van der Waals surface area (Å²) in [5.74, 6) is 0.254. The molecular formula is C23H20ClN3O3. The molecule has 0 heterocycles.